The fourth-order valence-corrected chi connectivity index (χ4v) is 5.49. The van der Waals surface area contributed by atoms with Crippen LogP contribution in [0, 0.1) is 5.92 Å². The van der Waals surface area contributed by atoms with E-state index in [0.29, 0.717) is 13.5 Å². The number of piperazine rings is 1. The van der Waals surface area contributed by atoms with Crippen LogP contribution < -0.4 is 24.6 Å². The third kappa shape index (κ3) is 3.41. The van der Waals surface area contributed by atoms with Crippen LogP contribution in [0.3, 0.4) is 0 Å². The first-order valence-corrected chi connectivity index (χ1v) is 11.2. The summed E-state index contributed by atoms with van der Waals surface area (Å²) in [6.45, 7) is 7.80. The van der Waals surface area contributed by atoms with Crippen molar-refractivity contribution < 1.29 is 28.9 Å². The van der Waals surface area contributed by atoms with Crippen LogP contribution in [0.4, 0.5) is 4.79 Å². The van der Waals surface area contributed by atoms with Crippen LogP contribution in [0.2, 0.25) is 0 Å². The highest BCUT2D eigenvalue weighted by atomic mass is 16.7. The predicted octanol–water partition coefficient (Wildman–Crippen LogP) is -0.843. The summed E-state index contributed by atoms with van der Waals surface area (Å²) in [5.74, 6) is 1.87. The number of imide groups is 1. The largest absolute Gasteiger partial charge is 0.454 e. The van der Waals surface area contributed by atoms with E-state index in [4.69, 9.17) is 9.47 Å². The first kappa shape index (κ1) is 19.6. The Morgan fingerprint density at radius 3 is 2.67 bits per heavy atom. The van der Waals surface area contributed by atoms with E-state index in [0.717, 1.165) is 69.9 Å². The van der Waals surface area contributed by atoms with Crippen molar-refractivity contribution in [1.82, 2.24) is 10.2 Å². The molecule has 5 rings (SSSR count). The minimum atomic E-state index is -0.652. The Kier molecular flexibility index (Phi) is 5.06. The lowest BCUT2D eigenvalue weighted by Crippen LogP contribution is -3.28. The number of nitrogens with zero attached hydrogens (tertiary/aromatic N) is 1. The van der Waals surface area contributed by atoms with Gasteiger partial charge in [-0.05, 0) is 37.0 Å². The second-order valence-corrected chi connectivity index (χ2v) is 9.30. The fraction of sp³-hybridized carbons (Fsp3) is 0.636. The topological polar surface area (TPSA) is 76.8 Å². The summed E-state index contributed by atoms with van der Waals surface area (Å²) in [5, 5.41) is 3.07. The Morgan fingerprint density at radius 2 is 1.87 bits per heavy atom. The molecule has 3 N–H and O–H groups in total. The first-order chi connectivity index (χ1) is 14.5. The first-order valence-electron chi connectivity index (χ1n) is 11.2. The summed E-state index contributed by atoms with van der Waals surface area (Å²) in [6, 6.07) is 5.97. The molecule has 30 heavy (non-hydrogen) atoms. The van der Waals surface area contributed by atoms with Gasteiger partial charge in [-0.2, -0.15) is 0 Å². The number of nitrogens with one attached hydrogen (secondary N) is 3. The molecule has 0 aromatic heterocycles. The summed E-state index contributed by atoms with van der Waals surface area (Å²) in [4.78, 5) is 30.1. The van der Waals surface area contributed by atoms with E-state index in [9.17, 15) is 9.59 Å². The van der Waals surface area contributed by atoms with E-state index in [1.807, 2.05) is 6.07 Å². The van der Waals surface area contributed by atoms with Gasteiger partial charge in [0.05, 0.1) is 0 Å². The lowest BCUT2D eigenvalue weighted by Gasteiger charge is -2.37. The van der Waals surface area contributed by atoms with Gasteiger partial charge in [0.1, 0.15) is 38.3 Å². The molecule has 1 aromatic rings. The van der Waals surface area contributed by atoms with E-state index >= 15 is 0 Å². The Hall–Kier alpha value is -2.32. The number of carbonyl (C=O) groups is 2. The zero-order chi connectivity index (χ0) is 20.7. The molecule has 0 unspecified atom stereocenters. The molecule has 1 spiro atoms. The number of amides is 3. The molecule has 1 aliphatic carbocycles. The van der Waals surface area contributed by atoms with Crippen molar-refractivity contribution in [2.75, 3.05) is 39.6 Å². The van der Waals surface area contributed by atoms with Gasteiger partial charge in [0.15, 0.2) is 18.2 Å². The molecule has 2 atom stereocenters. The van der Waals surface area contributed by atoms with Crippen molar-refractivity contribution in [3.8, 4) is 11.5 Å². The third-order valence-electron chi connectivity index (χ3n) is 7.44. The van der Waals surface area contributed by atoms with Gasteiger partial charge in [0.25, 0.3) is 5.91 Å². The van der Waals surface area contributed by atoms with Gasteiger partial charge in [-0.3, -0.25) is 4.79 Å². The van der Waals surface area contributed by atoms with Crippen molar-refractivity contribution >= 4 is 11.9 Å². The number of hydrogen-bond donors (Lipinski definition) is 3. The molecule has 0 radical (unpaired) electrons. The molecular weight excluding hydrogens is 384 g/mol. The average Bonchev–Trinajstić information content (AvgIpc) is 3.30. The summed E-state index contributed by atoms with van der Waals surface area (Å²) in [6.07, 6.45) is 3.94. The molecule has 8 heteroatoms. The standard InChI is InChI=1S/C22H30N4O4/c1-16-4-2-3-7-22(16)20(27)26(21(28)23-22)14-25-10-8-24(9-11-25)13-17-5-6-18-19(12-17)30-15-29-18/h5-6,12,16H,2-4,7-11,13-15H2,1H3,(H,23,28)/p+2/t16-,22+/m1/s1. The number of benzene rings is 1. The van der Waals surface area contributed by atoms with E-state index < -0.39 is 5.54 Å². The Labute approximate surface area is 177 Å². The van der Waals surface area contributed by atoms with Gasteiger partial charge in [-0.15, -0.1) is 0 Å². The predicted molar refractivity (Wildman–Crippen MR) is 108 cm³/mol. The molecule has 2 saturated heterocycles. The molecule has 1 saturated carbocycles. The minimum Gasteiger partial charge on any atom is -0.454 e. The maximum Gasteiger partial charge on any atom is 0.329 e. The summed E-state index contributed by atoms with van der Waals surface area (Å²) in [5.41, 5.74) is 0.598. The van der Waals surface area contributed by atoms with E-state index in [1.54, 1.807) is 0 Å². The fourth-order valence-electron chi connectivity index (χ4n) is 5.49. The Morgan fingerprint density at radius 1 is 1.10 bits per heavy atom. The Balaban J connectivity index is 1.15. The van der Waals surface area contributed by atoms with Crippen molar-refractivity contribution in [2.24, 2.45) is 5.92 Å². The number of quaternary nitrogens is 2. The molecule has 3 aliphatic heterocycles. The lowest BCUT2D eigenvalue weighted by atomic mass is 9.73. The third-order valence-corrected chi connectivity index (χ3v) is 7.44. The number of hydrogen-bond acceptors (Lipinski definition) is 4. The van der Waals surface area contributed by atoms with Gasteiger partial charge in [-0.1, -0.05) is 19.8 Å². The van der Waals surface area contributed by atoms with Crippen molar-refractivity contribution in [1.29, 1.82) is 0 Å². The Bertz CT molecular complexity index is 838. The maximum atomic E-state index is 13.2. The van der Waals surface area contributed by atoms with Crippen LogP contribution in [0.15, 0.2) is 18.2 Å². The zero-order valence-electron chi connectivity index (χ0n) is 17.7. The van der Waals surface area contributed by atoms with Crippen LogP contribution in [-0.2, 0) is 11.3 Å². The molecule has 1 aromatic carbocycles. The van der Waals surface area contributed by atoms with Crippen molar-refractivity contribution in [2.45, 2.75) is 44.7 Å². The van der Waals surface area contributed by atoms with Crippen molar-refractivity contribution in [3.05, 3.63) is 23.8 Å². The van der Waals surface area contributed by atoms with Gasteiger partial charge in [0.2, 0.25) is 6.79 Å². The summed E-state index contributed by atoms with van der Waals surface area (Å²) >= 11 is 0. The normalized spacial score (nSPS) is 33.2. The van der Waals surface area contributed by atoms with Crippen LogP contribution >= 0.6 is 0 Å². The van der Waals surface area contributed by atoms with Gasteiger partial charge in [-0.25, -0.2) is 9.69 Å². The van der Waals surface area contributed by atoms with Gasteiger partial charge < -0.3 is 24.6 Å². The van der Waals surface area contributed by atoms with Crippen LogP contribution in [0.25, 0.3) is 0 Å². The summed E-state index contributed by atoms with van der Waals surface area (Å²) in [7, 11) is 0. The number of ether oxygens (including phenoxy) is 2. The smallest absolute Gasteiger partial charge is 0.329 e. The zero-order valence-corrected chi connectivity index (χ0v) is 17.7. The average molecular weight is 417 g/mol. The second kappa shape index (κ2) is 7.74. The lowest BCUT2D eigenvalue weighted by molar-refractivity contribution is -1.02. The summed E-state index contributed by atoms with van der Waals surface area (Å²) < 4.78 is 10.9. The van der Waals surface area contributed by atoms with E-state index in [-0.39, 0.29) is 17.9 Å². The highest BCUT2D eigenvalue weighted by Crippen LogP contribution is 2.37. The second-order valence-electron chi connectivity index (χ2n) is 9.30. The van der Waals surface area contributed by atoms with Crippen LogP contribution in [-0.4, -0.2) is 62.0 Å². The number of carbonyl (C=O) groups excluding carboxylic acids is 2. The molecule has 8 nitrogen and oxygen atoms in total. The van der Waals surface area contributed by atoms with Crippen molar-refractivity contribution in [3.63, 3.8) is 0 Å². The monoisotopic (exact) mass is 416 g/mol. The van der Waals surface area contributed by atoms with Gasteiger partial charge >= 0.3 is 6.03 Å². The highest BCUT2D eigenvalue weighted by Gasteiger charge is 2.55. The van der Waals surface area contributed by atoms with E-state index in [1.165, 1.54) is 20.3 Å². The highest BCUT2D eigenvalue weighted by molar-refractivity contribution is 6.07. The molecule has 0 bridgehead atoms. The van der Waals surface area contributed by atoms with Crippen LogP contribution in [0.5, 0.6) is 11.5 Å². The quantitative estimate of drug-likeness (QED) is 0.560. The molecule has 3 heterocycles. The molecule has 162 valence electrons. The molecular formula is C22H32N4O4+2. The van der Waals surface area contributed by atoms with Gasteiger partial charge in [0, 0.05) is 5.56 Å². The number of urea groups is 1. The number of rotatable bonds is 4. The van der Waals surface area contributed by atoms with Crippen LogP contribution in [0.1, 0.15) is 38.2 Å². The maximum absolute atomic E-state index is 13.2. The molecule has 4 aliphatic rings. The molecule has 3 fully saturated rings. The number of fused-ring (bicyclic) bond motifs is 1. The molecule has 3 amide bonds. The SMILES string of the molecule is C[C@@H]1CCCC[C@]12NC(=O)N(C[NH+]1CC[NH+](Cc3ccc4c(c3)OCO4)CC1)C2=O. The van der Waals surface area contributed by atoms with E-state index in [2.05, 4.69) is 24.4 Å². The minimum absolute atomic E-state index is 0.00216.